The van der Waals surface area contributed by atoms with Crippen molar-refractivity contribution in [1.29, 1.82) is 0 Å². The van der Waals surface area contributed by atoms with Crippen LogP contribution in [0.4, 0.5) is 0 Å². The molecule has 0 spiro atoms. The highest BCUT2D eigenvalue weighted by molar-refractivity contribution is 4.90. The van der Waals surface area contributed by atoms with Gasteiger partial charge in [-0.3, -0.25) is 0 Å². The molecule has 2 heterocycles. The number of hydrogen-bond acceptors (Lipinski definition) is 3. The van der Waals surface area contributed by atoms with Gasteiger partial charge < -0.3 is 14.8 Å². The van der Waals surface area contributed by atoms with E-state index in [0.717, 1.165) is 13.1 Å². The van der Waals surface area contributed by atoms with Gasteiger partial charge in [0.2, 0.25) is 0 Å². The molecule has 0 aromatic heterocycles. The van der Waals surface area contributed by atoms with Crippen LogP contribution in [0.2, 0.25) is 0 Å². The summed E-state index contributed by atoms with van der Waals surface area (Å²) in [6.07, 6.45) is 0.546. The van der Waals surface area contributed by atoms with Crippen molar-refractivity contribution in [1.82, 2.24) is 5.32 Å². The summed E-state index contributed by atoms with van der Waals surface area (Å²) < 4.78 is 11.5. The summed E-state index contributed by atoms with van der Waals surface area (Å²) in [6, 6.07) is 0. The first-order valence-electron chi connectivity index (χ1n) is 4.65. The minimum atomic E-state index is -0.379. The van der Waals surface area contributed by atoms with E-state index in [-0.39, 0.29) is 11.9 Å². The molecule has 2 fully saturated rings. The van der Waals surface area contributed by atoms with E-state index in [1.54, 1.807) is 0 Å². The lowest BCUT2D eigenvalue weighted by Crippen LogP contribution is -2.47. The van der Waals surface area contributed by atoms with Gasteiger partial charge in [-0.25, -0.2) is 0 Å². The van der Waals surface area contributed by atoms with Crippen LogP contribution in [0.15, 0.2) is 0 Å². The van der Waals surface area contributed by atoms with Gasteiger partial charge in [-0.1, -0.05) is 6.92 Å². The van der Waals surface area contributed by atoms with Crippen molar-refractivity contribution in [2.24, 2.45) is 5.92 Å². The third-order valence-corrected chi connectivity index (χ3v) is 2.59. The zero-order valence-electron chi connectivity index (χ0n) is 7.96. The summed E-state index contributed by atoms with van der Waals surface area (Å²) >= 11 is 0. The van der Waals surface area contributed by atoms with Crippen molar-refractivity contribution >= 4 is 0 Å². The molecule has 2 saturated heterocycles. The highest BCUT2D eigenvalue weighted by atomic mass is 16.8. The van der Waals surface area contributed by atoms with Crippen LogP contribution in [0, 0.1) is 5.92 Å². The van der Waals surface area contributed by atoms with Gasteiger partial charge in [0.1, 0.15) is 0 Å². The second kappa shape index (κ2) is 2.69. The van der Waals surface area contributed by atoms with Crippen LogP contribution in [-0.2, 0) is 9.47 Å². The molecule has 3 unspecified atom stereocenters. The maximum atomic E-state index is 5.80. The van der Waals surface area contributed by atoms with Crippen molar-refractivity contribution in [3.8, 4) is 0 Å². The van der Waals surface area contributed by atoms with Crippen LogP contribution in [-0.4, -0.2) is 31.1 Å². The van der Waals surface area contributed by atoms with Crippen LogP contribution in [0.1, 0.15) is 20.8 Å². The van der Waals surface area contributed by atoms with Crippen LogP contribution >= 0.6 is 0 Å². The van der Waals surface area contributed by atoms with Crippen LogP contribution in [0.25, 0.3) is 0 Å². The first kappa shape index (κ1) is 8.48. The van der Waals surface area contributed by atoms with E-state index in [1.165, 1.54) is 0 Å². The fourth-order valence-electron chi connectivity index (χ4n) is 2.07. The largest absolute Gasteiger partial charge is 0.344 e. The third-order valence-electron chi connectivity index (χ3n) is 2.59. The summed E-state index contributed by atoms with van der Waals surface area (Å²) in [5.74, 6) is 0.181. The van der Waals surface area contributed by atoms with Crippen LogP contribution in [0.5, 0.6) is 0 Å². The monoisotopic (exact) mass is 171 g/mol. The van der Waals surface area contributed by atoms with E-state index < -0.39 is 0 Å². The zero-order valence-corrected chi connectivity index (χ0v) is 7.96. The molecule has 3 nitrogen and oxygen atoms in total. The normalized spacial score (nSPS) is 45.8. The Labute approximate surface area is 73.4 Å². The van der Waals surface area contributed by atoms with Gasteiger partial charge in [-0.15, -0.1) is 0 Å². The predicted molar refractivity (Wildman–Crippen MR) is 45.9 cm³/mol. The Morgan fingerprint density at radius 3 is 2.67 bits per heavy atom. The number of hydrogen-bond donors (Lipinski definition) is 1. The van der Waals surface area contributed by atoms with Gasteiger partial charge in [0.25, 0.3) is 0 Å². The Hall–Kier alpha value is -0.120. The van der Waals surface area contributed by atoms with E-state index in [1.807, 2.05) is 13.8 Å². The molecular formula is C9H17NO2. The van der Waals surface area contributed by atoms with Crippen molar-refractivity contribution < 1.29 is 9.47 Å². The molecule has 0 aliphatic carbocycles. The van der Waals surface area contributed by atoms with Gasteiger partial charge in [0.05, 0.1) is 12.2 Å². The van der Waals surface area contributed by atoms with Gasteiger partial charge in [0, 0.05) is 13.1 Å². The van der Waals surface area contributed by atoms with Gasteiger partial charge >= 0.3 is 0 Å². The van der Waals surface area contributed by atoms with E-state index in [4.69, 9.17) is 9.47 Å². The lowest BCUT2D eigenvalue weighted by atomic mass is 9.96. The number of fused-ring (bicyclic) bond motifs is 1. The number of nitrogens with one attached hydrogen (secondary N) is 1. The quantitative estimate of drug-likeness (QED) is 0.583. The second-order valence-electron chi connectivity index (χ2n) is 4.27. The molecule has 0 aromatic carbocycles. The smallest absolute Gasteiger partial charge is 0.163 e. The molecule has 2 aliphatic rings. The molecule has 70 valence electrons. The molecule has 0 bridgehead atoms. The summed E-state index contributed by atoms with van der Waals surface area (Å²) in [6.45, 7) is 8.14. The van der Waals surface area contributed by atoms with Crippen molar-refractivity contribution in [2.75, 3.05) is 13.1 Å². The zero-order chi connectivity index (χ0) is 8.77. The van der Waals surface area contributed by atoms with Crippen molar-refractivity contribution in [3.63, 3.8) is 0 Å². The highest BCUT2D eigenvalue weighted by Crippen LogP contribution is 2.33. The standard InChI is InChI=1S/C9H17NO2/c1-6-4-10-5-7-8(6)12-9(2,3)11-7/h6-8,10H,4-5H2,1-3H3. The highest BCUT2D eigenvalue weighted by Gasteiger charge is 2.45. The molecule has 3 heteroatoms. The molecule has 0 aromatic rings. The number of rotatable bonds is 0. The topological polar surface area (TPSA) is 30.5 Å². The Kier molecular flexibility index (Phi) is 1.90. The molecule has 3 atom stereocenters. The van der Waals surface area contributed by atoms with Gasteiger partial charge in [-0.2, -0.15) is 0 Å². The maximum Gasteiger partial charge on any atom is 0.163 e. The van der Waals surface area contributed by atoms with Gasteiger partial charge in [-0.05, 0) is 19.8 Å². The van der Waals surface area contributed by atoms with Gasteiger partial charge in [0.15, 0.2) is 5.79 Å². The Morgan fingerprint density at radius 2 is 2.00 bits per heavy atom. The van der Waals surface area contributed by atoms with E-state index in [2.05, 4.69) is 12.2 Å². The summed E-state index contributed by atoms with van der Waals surface area (Å²) in [4.78, 5) is 0. The molecule has 12 heavy (non-hydrogen) atoms. The average Bonchev–Trinajstić information content (AvgIpc) is 2.25. The Morgan fingerprint density at radius 1 is 1.25 bits per heavy atom. The lowest BCUT2D eigenvalue weighted by molar-refractivity contribution is -0.147. The van der Waals surface area contributed by atoms with Crippen molar-refractivity contribution in [3.05, 3.63) is 0 Å². The molecule has 2 aliphatic heterocycles. The van der Waals surface area contributed by atoms with Crippen molar-refractivity contribution in [2.45, 2.75) is 38.8 Å². The molecule has 0 radical (unpaired) electrons. The molecule has 2 rings (SSSR count). The van der Waals surface area contributed by atoms with E-state index in [9.17, 15) is 0 Å². The average molecular weight is 171 g/mol. The van der Waals surface area contributed by atoms with Crippen LogP contribution in [0.3, 0.4) is 0 Å². The first-order chi connectivity index (χ1) is 5.58. The molecule has 0 saturated carbocycles. The summed E-state index contributed by atoms with van der Waals surface area (Å²) in [5.41, 5.74) is 0. The fraction of sp³-hybridized carbons (Fsp3) is 1.00. The first-order valence-corrected chi connectivity index (χ1v) is 4.65. The molecule has 0 amide bonds. The fourth-order valence-corrected chi connectivity index (χ4v) is 2.07. The van der Waals surface area contributed by atoms with E-state index >= 15 is 0 Å². The minimum Gasteiger partial charge on any atom is -0.344 e. The minimum absolute atomic E-state index is 0.253. The summed E-state index contributed by atoms with van der Waals surface area (Å²) in [5, 5.41) is 3.34. The maximum absolute atomic E-state index is 5.80. The Balaban J connectivity index is 2.09. The second-order valence-corrected chi connectivity index (χ2v) is 4.27. The predicted octanol–water partition coefficient (Wildman–Crippen LogP) is 0.746. The lowest BCUT2D eigenvalue weighted by Gasteiger charge is -2.29. The number of piperidine rings is 1. The Bertz CT molecular complexity index is 181. The number of ether oxygens (including phenoxy) is 2. The SMILES string of the molecule is CC1CNCC2OC(C)(C)OC12. The molecule has 1 N–H and O–H groups in total. The molecular weight excluding hydrogens is 154 g/mol. The third kappa shape index (κ3) is 1.37. The van der Waals surface area contributed by atoms with Crippen LogP contribution < -0.4 is 5.32 Å². The van der Waals surface area contributed by atoms with E-state index in [0.29, 0.717) is 12.0 Å². The summed E-state index contributed by atoms with van der Waals surface area (Å²) in [7, 11) is 0.